The molecule has 0 aromatic heterocycles. The molecule has 0 aliphatic carbocycles. The van der Waals surface area contributed by atoms with Crippen molar-refractivity contribution in [2.45, 2.75) is 19.8 Å². The van der Waals surface area contributed by atoms with Gasteiger partial charge < -0.3 is 10.4 Å². The summed E-state index contributed by atoms with van der Waals surface area (Å²) < 4.78 is 0. The van der Waals surface area contributed by atoms with Crippen LogP contribution in [-0.4, -0.2) is 18.7 Å². The second-order valence-electron chi connectivity index (χ2n) is 3.21. The van der Waals surface area contributed by atoms with E-state index < -0.39 is 0 Å². The van der Waals surface area contributed by atoms with Crippen molar-refractivity contribution in [1.82, 2.24) is 5.32 Å². The predicted octanol–water partition coefficient (Wildman–Crippen LogP) is 1.72. The van der Waals surface area contributed by atoms with Crippen LogP contribution in [0.3, 0.4) is 0 Å². The Morgan fingerprint density at radius 2 is 1.92 bits per heavy atom. The minimum Gasteiger partial charge on any atom is -0.508 e. The lowest BCUT2D eigenvalue weighted by Crippen LogP contribution is -2.10. The summed E-state index contributed by atoms with van der Waals surface area (Å²) in [5.74, 6) is 0.380. The third-order valence-corrected chi connectivity index (χ3v) is 2.11. The molecule has 1 aromatic rings. The smallest absolute Gasteiger partial charge is 0.116 e. The quantitative estimate of drug-likeness (QED) is 0.737. The zero-order valence-electron chi connectivity index (χ0n) is 8.30. The lowest BCUT2D eigenvalue weighted by Gasteiger charge is -2.04. The number of nitrogens with one attached hydrogen (secondary N) is 1. The zero-order valence-corrected chi connectivity index (χ0v) is 8.30. The van der Waals surface area contributed by atoms with Crippen LogP contribution in [0.5, 0.6) is 5.75 Å². The van der Waals surface area contributed by atoms with Gasteiger partial charge in [-0.3, -0.25) is 0 Å². The highest BCUT2D eigenvalue weighted by Gasteiger charge is 1.98. The van der Waals surface area contributed by atoms with E-state index in [1.807, 2.05) is 19.2 Å². The van der Waals surface area contributed by atoms with E-state index in [0.717, 1.165) is 19.4 Å². The first-order chi connectivity index (χ1) is 6.26. The fourth-order valence-electron chi connectivity index (χ4n) is 1.36. The molecule has 0 atom stereocenters. The molecule has 1 aromatic carbocycles. The number of phenols is 1. The number of aromatic hydroxyl groups is 1. The number of rotatable bonds is 4. The zero-order chi connectivity index (χ0) is 9.68. The molecular weight excluding hydrogens is 162 g/mol. The van der Waals surface area contributed by atoms with Crippen LogP contribution in [0.15, 0.2) is 18.2 Å². The summed E-state index contributed by atoms with van der Waals surface area (Å²) in [6, 6.07) is 5.80. The van der Waals surface area contributed by atoms with Gasteiger partial charge in [0.25, 0.3) is 0 Å². The molecule has 0 fully saturated rings. The molecule has 0 saturated carbocycles. The van der Waals surface area contributed by atoms with E-state index >= 15 is 0 Å². The lowest BCUT2D eigenvalue weighted by atomic mass is 10.1. The van der Waals surface area contributed by atoms with Gasteiger partial charge in [0.1, 0.15) is 5.75 Å². The Kier molecular flexibility index (Phi) is 3.77. The van der Waals surface area contributed by atoms with E-state index in [2.05, 4.69) is 18.3 Å². The van der Waals surface area contributed by atoms with Crippen LogP contribution < -0.4 is 5.32 Å². The second kappa shape index (κ2) is 4.87. The maximum absolute atomic E-state index is 9.40. The van der Waals surface area contributed by atoms with Crippen LogP contribution in [-0.2, 0) is 12.8 Å². The summed E-state index contributed by atoms with van der Waals surface area (Å²) >= 11 is 0. The molecule has 2 heteroatoms. The molecule has 0 saturated heterocycles. The van der Waals surface area contributed by atoms with Gasteiger partial charge in [0.2, 0.25) is 0 Å². The third-order valence-electron chi connectivity index (χ3n) is 2.11. The Balaban J connectivity index is 2.76. The maximum Gasteiger partial charge on any atom is 0.116 e. The first-order valence-electron chi connectivity index (χ1n) is 4.72. The number of benzene rings is 1. The fraction of sp³-hybridized carbons (Fsp3) is 0.455. The van der Waals surface area contributed by atoms with E-state index in [-0.39, 0.29) is 0 Å². The normalized spacial score (nSPS) is 10.3. The van der Waals surface area contributed by atoms with Gasteiger partial charge in [-0.15, -0.1) is 0 Å². The number of hydrogen-bond donors (Lipinski definition) is 2. The minimum absolute atomic E-state index is 0.380. The average molecular weight is 179 g/mol. The molecule has 0 heterocycles. The molecular formula is C11H17NO. The fourth-order valence-corrected chi connectivity index (χ4v) is 1.36. The summed E-state index contributed by atoms with van der Waals surface area (Å²) in [5, 5.41) is 12.5. The van der Waals surface area contributed by atoms with Gasteiger partial charge in [0, 0.05) is 0 Å². The van der Waals surface area contributed by atoms with Gasteiger partial charge in [0.15, 0.2) is 0 Å². The first-order valence-corrected chi connectivity index (χ1v) is 4.72. The Morgan fingerprint density at radius 3 is 2.54 bits per heavy atom. The molecule has 2 N–H and O–H groups in total. The molecule has 13 heavy (non-hydrogen) atoms. The van der Waals surface area contributed by atoms with E-state index in [1.54, 1.807) is 0 Å². The molecule has 2 nitrogen and oxygen atoms in total. The number of likely N-dealkylation sites (N-methyl/N-ethyl adjacent to an activating group) is 1. The van der Waals surface area contributed by atoms with Crippen molar-refractivity contribution in [3.05, 3.63) is 29.3 Å². The van der Waals surface area contributed by atoms with Crippen LogP contribution in [0.2, 0.25) is 0 Å². The molecule has 1 rings (SSSR count). The van der Waals surface area contributed by atoms with Crippen molar-refractivity contribution >= 4 is 0 Å². The van der Waals surface area contributed by atoms with Crippen molar-refractivity contribution in [3.63, 3.8) is 0 Å². The first kappa shape index (κ1) is 10.1. The van der Waals surface area contributed by atoms with E-state index in [9.17, 15) is 5.11 Å². The summed E-state index contributed by atoms with van der Waals surface area (Å²) in [6.07, 6.45) is 1.94. The Hall–Kier alpha value is -1.02. The third kappa shape index (κ3) is 3.07. The molecule has 0 aliphatic rings. The van der Waals surface area contributed by atoms with Crippen LogP contribution in [0.25, 0.3) is 0 Å². The van der Waals surface area contributed by atoms with Crippen molar-refractivity contribution < 1.29 is 5.11 Å². The van der Waals surface area contributed by atoms with Crippen molar-refractivity contribution in [2.75, 3.05) is 13.6 Å². The van der Waals surface area contributed by atoms with Crippen molar-refractivity contribution in [3.8, 4) is 5.75 Å². The Bertz CT molecular complexity index is 271. The summed E-state index contributed by atoms with van der Waals surface area (Å²) in [7, 11) is 1.93. The monoisotopic (exact) mass is 179 g/mol. The van der Waals surface area contributed by atoms with Gasteiger partial charge in [-0.25, -0.2) is 0 Å². The number of phenolic OH excluding ortho intramolecular Hbond substituents is 1. The standard InChI is InChI=1S/C11H17NO/c1-3-9-6-10(4-5-12-2)8-11(13)7-9/h6-8,12-13H,3-5H2,1-2H3. The summed E-state index contributed by atoms with van der Waals surface area (Å²) in [5.41, 5.74) is 2.40. The minimum atomic E-state index is 0.380. The van der Waals surface area contributed by atoms with Gasteiger partial charge in [-0.2, -0.15) is 0 Å². The number of aryl methyl sites for hydroxylation is 1. The summed E-state index contributed by atoms with van der Waals surface area (Å²) in [6.45, 7) is 3.04. The average Bonchev–Trinajstić information content (AvgIpc) is 2.14. The number of hydrogen-bond acceptors (Lipinski definition) is 2. The molecule has 72 valence electrons. The Morgan fingerprint density at radius 1 is 1.23 bits per heavy atom. The lowest BCUT2D eigenvalue weighted by molar-refractivity contribution is 0.473. The molecule has 0 radical (unpaired) electrons. The molecule has 0 bridgehead atoms. The van der Waals surface area contributed by atoms with Gasteiger partial charge in [-0.05, 0) is 49.7 Å². The van der Waals surface area contributed by atoms with Crippen LogP contribution >= 0.6 is 0 Å². The van der Waals surface area contributed by atoms with E-state index in [1.165, 1.54) is 11.1 Å². The van der Waals surface area contributed by atoms with Gasteiger partial charge in [0.05, 0.1) is 0 Å². The summed E-state index contributed by atoms with van der Waals surface area (Å²) in [4.78, 5) is 0. The molecule has 0 unspecified atom stereocenters. The SMILES string of the molecule is CCc1cc(O)cc(CCNC)c1. The van der Waals surface area contributed by atoms with Gasteiger partial charge >= 0.3 is 0 Å². The molecule has 0 spiro atoms. The van der Waals surface area contributed by atoms with E-state index in [4.69, 9.17) is 0 Å². The van der Waals surface area contributed by atoms with E-state index in [0.29, 0.717) is 5.75 Å². The second-order valence-corrected chi connectivity index (χ2v) is 3.21. The predicted molar refractivity (Wildman–Crippen MR) is 55.1 cm³/mol. The maximum atomic E-state index is 9.40. The van der Waals surface area contributed by atoms with Gasteiger partial charge in [-0.1, -0.05) is 13.0 Å². The molecule has 0 amide bonds. The highest BCUT2D eigenvalue weighted by Crippen LogP contribution is 2.16. The Labute approximate surface area is 79.6 Å². The largest absolute Gasteiger partial charge is 0.508 e. The van der Waals surface area contributed by atoms with Crippen molar-refractivity contribution in [2.24, 2.45) is 0 Å². The van der Waals surface area contributed by atoms with Crippen LogP contribution in [0.4, 0.5) is 0 Å². The highest BCUT2D eigenvalue weighted by molar-refractivity contribution is 5.33. The topological polar surface area (TPSA) is 32.3 Å². The van der Waals surface area contributed by atoms with Crippen LogP contribution in [0, 0.1) is 0 Å². The van der Waals surface area contributed by atoms with Crippen LogP contribution in [0.1, 0.15) is 18.1 Å². The van der Waals surface area contributed by atoms with Crippen molar-refractivity contribution in [1.29, 1.82) is 0 Å². The highest BCUT2D eigenvalue weighted by atomic mass is 16.3. The molecule has 0 aliphatic heterocycles.